The van der Waals surface area contributed by atoms with E-state index in [4.69, 9.17) is 6.57 Å². The minimum atomic E-state index is -4.05. The first kappa shape index (κ1) is 8.39. The van der Waals surface area contributed by atoms with Crippen LogP contribution in [0.4, 0.5) is 4.39 Å². The molecule has 0 aromatic heterocycles. The summed E-state index contributed by atoms with van der Waals surface area (Å²) in [6.07, 6.45) is 0. The standard InChI is InChI=1S/C4H4FNO4S/c1-6-4(5)2-9-11(7,8)10-3-4/h2-3H2. The van der Waals surface area contributed by atoms with Crippen molar-refractivity contribution in [3.63, 3.8) is 0 Å². The second-order valence-electron chi connectivity index (χ2n) is 1.96. The molecule has 5 nitrogen and oxygen atoms in total. The van der Waals surface area contributed by atoms with Crippen LogP contribution >= 0.6 is 0 Å². The van der Waals surface area contributed by atoms with E-state index >= 15 is 0 Å². The van der Waals surface area contributed by atoms with Gasteiger partial charge in [0.15, 0.2) is 13.2 Å². The maximum Gasteiger partial charge on any atom is 0.419 e. The molecular formula is C4H4FNO4S. The summed E-state index contributed by atoms with van der Waals surface area (Å²) in [7, 11) is -4.05. The van der Waals surface area contributed by atoms with E-state index in [1.54, 1.807) is 0 Å². The molecule has 0 saturated carbocycles. The zero-order chi connectivity index (χ0) is 8.54. The van der Waals surface area contributed by atoms with Crippen molar-refractivity contribution in [1.29, 1.82) is 0 Å². The molecule has 1 fully saturated rings. The van der Waals surface area contributed by atoms with E-state index in [0.717, 1.165) is 0 Å². The van der Waals surface area contributed by atoms with Gasteiger partial charge in [-0.05, 0) is 0 Å². The molecule has 1 saturated heterocycles. The molecule has 0 N–H and O–H groups in total. The lowest BCUT2D eigenvalue weighted by Gasteiger charge is -2.17. The van der Waals surface area contributed by atoms with Crippen LogP contribution in [0.25, 0.3) is 4.85 Å². The molecule has 1 heterocycles. The van der Waals surface area contributed by atoms with E-state index in [9.17, 15) is 12.8 Å². The number of hydrogen-bond donors (Lipinski definition) is 0. The van der Waals surface area contributed by atoms with Gasteiger partial charge in [-0.3, -0.25) is 4.85 Å². The smallest absolute Gasteiger partial charge is 0.270 e. The van der Waals surface area contributed by atoms with Crippen LogP contribution in [0, 0.1) is 6.57 Å². The van der Waals surface area contributed by atoms with Crippen LogP contribution in [-0.2, 0) is 18.8 Å². The molecule has 62 valence electrons. The average molecular weight is 181 g/mol. The molecule has 0 spiro atoms. The molecule has 1 aliphatic heterocycles. The first-order valence-electron chi connectivity index (χ1n) is 2.59. The zero-order valence-electron chi connectivity index (χ0n) is 5.28. The summed E-state index contributed by atoms with van der Waals surface area (Å²) in [5.41, 5.74) is 0. The third-order valence-corrected chi connectivity index (χ3v) is 1.86. The van der Waals surface area contributed by atoms with Gasteiger partial charge in [-0.1, -0.05) is 0 Å². The van der Waals surface area contributed by atoms with E-state index in [1.165, 1.54) is 0 Å². The normalized spacial score (nSPS) is 27.3. The van der Waals surface area contributed by atoms with Gasteiger partial charge in [0, 0.05) is 0 Å². The topological polar surface area (TPSA) is 57.0 Å². The molecule has 0 radical (unpaired) electrons. The highest BCUT2D eigenvalue weighted by Crippen LogP contribution is 2.21. The third kappa shape index (κ3) is 1.86. The maximum atomic E-state index is 12.8. The summed E-state index contributed by atoms with van der Waals surface area (Å²) in [6.45, 7) is 4.73. The fourth-order valence-electron chi connectivity index (χ4n) is 0.465. The quantitative estimate of drug-likeness (QED) is 0.385. The van der Waals surface area contributed by atoms with Crippen LogP contribution in [0.3, 0.4) is 0 Å². The van der Waals surface area contributed by atoms with Gasteiger partial charge in [-0.25, -0.2) is 14.9 Å². The Hall–Kier alpha value is -0.710. The lowest BCUT2D eigenvalue weighted by atomic mass is 10.3. The number of rotatable bonds is 0. The number of hydrogen-bond acceptors (Lipinski definition) is 4. The molecule has 0 atom stereocenters. The van der Waals surface area contributed by atoms with Gasteiger partial charge in [-0.2, -0.15) is 12.8 Å². The van der Waals surface area contributed by atoms with E-state index in [0.29, 0.717) is 0 Å². The summed E-state index contributed by atoms with van der Waals surface area (Å²) < 4.78 is 41.3. The second kappa shape index (κ2) is 2.41. The van der Waals surface area contributed by atoms with Gasteiger partial charge < -0.3 is 0 Å². The second-order valence-corrected chi connectivity index (χ2v) is 3.25. The van der Waals surface area contributed by atoms with E-state index in [1.807, 2.05) is 0 Å². The largest absolute Gasteiger partial charge is 0.419 e. The molecule has 0 aromatic rings. The summed E-state index contributed by atoms with van der Waals surface area (Å²) in [4.78, 5) is 2.51. The molecule has 7 heteroatoms. The Morgan fingerprint density at radius 1 is 1.45 bits per heavy atom. The summed E-state index contributed by atoms with van der Waals surface area (Å²) in [6, 6.07) is 0. The Balaban J connectivity index is 2.71. The molecule has 0 aliphatic carbocycles. The van der Waals surface area contributed by atoms with Crippen LogP contribution in [-0.4, -0.2) is 27.4 Å². The first-order valence-corrected chi connectivity index (χ1v) is 3.92. The van der Waals surface area contributed by atoms with Crippen LogP contribution in [0.15, 0.2) is 0 Å². The lowest BCUT2D eigenvalue weighted by molar-refractivity contribution is 0.0250. The predicted octanol–water partition coefficient (Wildman–Crippen LogP) is -0.137. The van der Waals surface area contributed by atoms with Crippen LogP contribution < -0.4 is 0 Å². The van der Waals surface area contributed by atoms with E-state index < -0.39 is 29.4 Å². The molecule has 0 bridgehead atoms. The van der Waals surface area contributed by atoms with Crippen molar-refractivity contribution in [3.05, 3.63) is 11.4 Å². The van der Waals surface area contributed by atoms with Crippen molar-refractivity contribution in [3.8, 4) is 0 Å². The number of halogens is 1. The zero-order valence-corrected chi connectivity index (χ0v) is 6.10. The molecule has 11 heavy (non-hydrogen) atoms. The minimum absolute atomic E-state index is 0.793. The Bertz CT molecular complexity index is 278. The van der Waals surface area contributed by atoms with Crippen molar-refractivity contribution in [2.24, 2.45) is 0 Å². The summed E-state index contributed by atoms with van der Waals surface area (Å²) >= 11 is 0. The molecule has 0 unspecified atom stereocenters. The highest BCUT2D eigenvalue weighted by atomic mass is 32.3. The molecule has 1 aliphatic rings. The van der Waals surface area contributed by atoms with E-state index in [-0.39, 0.29) is 0 Å². The SMILES string of the molecule is [C-]#[N+]C1(F)COS(=O)(=O)OC1. The third-order valence-electron chi connectivity index (χ3n) is 1.05. The fourth-order valence-corrected chi connectivity index (χ4v) is 1.18. The molecule has 0 aromatic carbocycles. The van der Waals surface area contributed by atoms with Crippen molar-refractivity contribution >= 4 is 10.4 Å². The number of alkyl halides is 1. The van der Waals surface area contributed by atoms with Crippen LogP contribution in [0.1, 0.15) is 0 Å². The summed E-state index contributed by atoms with van der Waals surface area (Å²) in [5.74, 6) is -2.36. The highest BCUT2D eigenvalue weighted by Gasteiger charge is 2.45. The van der Waals surface area contributed by atoms with Crippen molar-refractivity contribution < 1.29 is 21.2 Å². The van der Waals surface area contributed by atoms with Gasteiger partial charge in [0.2, 0.25) is 0 Å². The van der Waals surface area contributed by atoms with Crippen LogP contribution in [0.2, 0.25) is 0 Å². The Labute approximate surface area is 62.9 Å². The first-order chi connectivity index (χ1) is 4.97. The van der Waals surface area contributed by atoms with Gasteiger partial charge >= 0.3 is 16.2 Å². The van der Waals surface area contributed by atoms with Crippen molar-refractivity contribution in [2.75, 3.05) is 13.2 Å². The molecular weight excluding hydrogens is 177 g/mol. The van der Waals surface area contributed by atoms with Crippen molar-refractivity contribution in [1.82, 2.24) is 0 Å². The maximum absolute atomic E-state index is 12.8. The average Bonchev–Trinajstić information content (AvgIpc) is 1.97. The number of nitrogens with zero attached hydrogens (tertiary/aromatic N) is 1. The molecule has 0 amide bonds. The highest BCUT2D eigenvalue weighted by molar-refractivity contribution is 7.81. The Kier molecular flexibility index (Phi) is 1.83. The van der Waals surface area contributed by atoms with Gasteiger partial charge in [0.25, 0.3) is 0 Å². The van der Waals surface area contributed by atoms with Crippen molar-refractivity contribution in [2.45, 2.75) is 5.79 Å². The lowest BCUT2D eigenvalue weighted by Crippen LogP contribution is -2.39. The molecule has 1 rings (SSSR count). The van der Waals surface area contributed by atoms with Gasteiger partial charge in [-0.15, -0.1) is 0 Å². The Morgan fingerprint density at radius 3 is 2.27 bits per heavy atom. The van der Waals surface area contributed by atoms with E-state index in [2.05, 4.69) is 13.2 Å². The van der Waals surface area contributed by atoms with Gasteiger partial charge in [0.05, 0.1) is 0 Å². The monoisotopic (exact) mass is 181 g/mol. The predicted molar refractivity (Wildman–Crippen MR) is 31.3 cm³/mol. The fraction of sp³-hybridized carbons (Fsp3) is 0.750. The Morgan fingerprint density at radius 2 is 1.91 bits per heavy atom. The van der Waals surface area contributed by atoms with Gasteiger partial charge in [0.1, 0.15) is 0 Å². The van der Waals surface area contributed by atoms with Crippen LogP contribution in [0.5, 0.6) is 0 Å². The minimum Gasteiger partial charge on any atom is -0.270 e. The summed E-state index contributed by atoms with van der Waals surface area (Å²) in [5, 5.41) is 0.